The van der Waals surface area contributed by atoms with Gasteiger partial charge in [0.05, 0.1) is 12.2 Å². The number of hydrogen-bond acceptors (Lipinski definition) is 3. The van der Waals surface area contributed by atoms with E-state index in [9.17, 15) is 13.2 Å². The first-order chi connectivity index (χ1) is 9.49. The minimum Gasteiger partial charge on any atom is -0.481 e. The molecule has 1 N–H and O–H groups in total. The van der Waals surface area contributed by atoms with Gasteiger partial charge >= 0.3 is 5.97 Å². The Kier molecular flexibility index (Phi) is 4.57. The van der Waals surface area contributed by atoms with Gasteiger partial charge in [-0.3, -0.25) is 4.79 Å². The number of sulfonamides is 1. The summed E-state index contributed by atoms with van der Waals surface area (Å²) in [6, 6.07) is 9.84. The average Bonchev–Trinajstić information content (AvgIpc) is 2.46. The van der Waals surface area contributed by atoms with Crippen LogP contribution in [-0.4, -0.2) is 42.6 Å². The molecular weight excluding hydrogens is 278 g/mol. The normalized spacial score (nSPS) is 16.7. The van der Waals surface area contributed by atoms with Gasteiger partial charge in [0.2, 0.25) is 10.0 Å². The third-order valence-corrected chi connectivity index (χ3v) is 5.12. The molecule has 0 saturated carbocycles. The van der Waals surface area contributed by atoms with Crippen molar-refractivity contribution in [3.8, 4) is 0 Å². The zero-order chi connectivity index (χ0) is 14.6. The number of carboxylic acids is 1. The number of benzene rings is 1. The van der Waals surface area contributed by atoms with Gasteiger partial charge in [-0.25, -0.2) is 8.42 Å². The summed E-state index contributed by atoms with van der Waals surface area (Å²) < 4.78 is 25.3. The van der Waals surface area contributed by atoms with Crippen LogP contribution in [0.5, 0.6) is 0 Å². The molecule has 1 heterocycles. The monoisotopic (exact) mass is 295 g/mol. The molecule has 0 radical (unpaired) electrons. The van der Waals surface area contributed by atoms with E-state index in [-0.39, 0.29) is 12.2 Å². The van der Waals surface area contributed by atoms with Gasteiger partial charge in [-0.15, -0.1) is 0 Å². The Balaban J connectivity index is 2.03. The van der Waals surface area contributed by atoms with E-state index in [0.717, 1.165) is 11.1 Å². The standard InChI is InChI=1S/C14H17NO4S/c16-14(17)8-11-20(18,19)15-9-6-13(7-10-15)12-4-2-1-3-5-12/h1-6H,7-11H2,(H,16,17). The second-order valence-electron chi connectivity index (χ2n) is 4.66. The molecule has 0 amide bonds. The molecule has 1 aromatic rings. The summed E-state index contributed by atoms with van der Waals surface area (Å²) in [5, 5.41) is 8.57. The summed E-state index contributed by atoms with van der Waals surface area (Å²) in [6.07, 6.45) is 2.20. The predicted molar refractivity (Wildman–Crippen MR) is 76.6 cm³/mol. The van der Waals surface area contributed by atoms with E-state index in [1.807, 2.05) is 36.4 Å². The van der Waals surface area contributed by atoms with Gasteiger partial charge in [0.15, 0.2) is 0 Å². The third kappa shape index (κ3) is 3.68. The van der Waals surface area contributed by atoms with Crippen molar-refractivity contribution in [2.24, 2.45) is 0 Å². The Morgan fingerprint density at radius 2 is 1.95 bits per heavy atom. The fourth-order valence-electron chi connectivity index (χ4n) is 2.16. The first kappa shape index (κ1) is 14.7. The maximum absolute atomic E-state index is 12.0. The first-order valence-corrected chi connectivity index (χ1v) is 8.04. The van der Waals surface area contributed by atoms with Crippen LogP contribution in [0.1, 0.15) is 18.4 Å². The number of carbonyl (C=O) groups is 1. The Morgan fingerprint density at radius 3 is 2.50 bits per heavy atom. The van der Waals surface area contributed by atoms with Gasteiger partial charge in [0, 0.05) is 13.1 Å². The Bertz CT molecular complexity index is 607. The molecule has 0 atom stereocenters. The predicted octanol–water partition coefficient (Wildman–Crippen LogP) is 1.58. The highest BCUT2D eigenvalue weighted by Crippen LogP contribution is 2.23. The smallest absolute Gasteiger partial charge is 0.304 e. The summed E-state index contributed by atoms with van der Waals surface area (Å²) in [5.41, 5.74) is 2.24. The van der Waals surface area contributed by atoms with E-state index in [0.29, 0.717) is 19.5 Å². The zero-order valence-electron chi connectivity index (χ0n) is 11.0. The van der Waals surface area contributed by atoms with E-state index in [1.54, 1.807) is 0 Å². The van der Waals surface area contributed by atoms with Crippen molar-refractivity contribution >= 4 is 21.6 Å². The van der Waals surface area contributed by atoms with Crippen LogP contribution in [0.3, 0.4) is 0 Å². The number of rotatable bonds is 5. The van der Waals surface area contributed by atoms with Crippen LogP contribution in [0.15, 0.2) is 36.4 Å². The molecule has 2 rings (SSSR count). The lowest BCUT2D eigenvalue weighted by Gasteiger charge is -2.25. The highest BCUT2D eigenvalue weighted by atomic mass is 32.2. The minimum atomic E-state index is -3.48. The number of hydrogen-bond donors (Lipinski definition) is 1. The molecule has 0 aromatic heterocycles. The maximum Gasteiger partial charge on any atom is 0.304 e. The zero-order valence-corrected chi connectivity index (χ0v) is 11.8. The number of carboxylic acid groups (broad SMARTS) is 1. The second kappa shape index (κ2) is 6.19. The summed E-state index contributed by atoms with van der Waals surface area (Å²) in [6.45, 7) is 0.717. The average molecular weight is 295 g/mol. The third-order valence-electron chi connectivity index (χ3n) is 3.28. The van der Waals surface area contributed by atoms with E-state index in [1.165, 1.54) is 4.31 Å². The van der Waals surface area contributed by atoms with Crippen LogP contribution < -0.4 is 0 Å². The van der Waals surface area contributed by atoms with Gasteiger partial charge in [-0.05, 0) is 17.6 Å². The number of nitrogens with zero attached hydrogens (tertiary/aromatic N) is 1. The quantitative estimate of drug-likeness (QED) is 0.895. The van der Waals surface area contributed by atoms with Gasteiger partial charge in [-0.1, -0.05) is 36.4 Å². The van der Waals surface area contributed by atoms with Crippen LogP contribution in [0.25, 0.3) is 5.57 Å². The molecule has 108 valence electrons. The molecule has 20 heavy (non-hydrogen) atoms. The lowest BCUT2D eigenvalue weighted by atomic mass is 10.0. The maximum atomic E-state index is 12.0. The fourth-order valence-corrected chi connectivity index (χ4v) is 3.52. The van der Waals surface area contributed by atoms with Crippen LogP contribution in [0.4, 0.5) is 0 Å². The molecule has 1 aromatic carbocycles. The number of aliphatic carboxylic acids is 1. The lowest BCUT2D eigenvalue weighted by molar-refractivity contribution is -0.136. The van der Waals surface area contributed by atoms with Crippen molar-refractivity contribution in [2.45, 2.75) is 12.8 Å². The van der Waals surface area contributed by atoms with Crippen LogP contribution >= 0.6 is 0 Å². The van der Waals surface area contributed by atoms with Crippen molar-refractivity contribution < 1.29 is 18.3 Å². The summed E-state index contributed by atoms with van der Waals surface area (Å²) >= 11 is 0. The highest BCUT2D eigenvalue weighted by Gasteiger charge is 2.24. The van der Waals surface area contributed by atoms with Crippen molar-refractivity contribution in [1.82, 2.24) is 4.31 Å². The molecule has 1 aliphatic rings. The van der Waals surface area contributed by atoms with E-state index >= 15 is 0 Å². The lowest BCUT2D eigenvalue weighted by Crippen LogP contribution is -2.36. The van der Waals surface area contributed by atoms with Crippen LogP contribution in [-0.2, 0) is 14.8 Å². The SMILES string of the molecule is O=C(O)CCS(=O)(=O)N1CC=C(c2ccccc2)CC1. The summed E-state index contributed by atoms with van der Waals surface area (Å²) in [5.74, 6) is -1.43. The van der Waals surface area contributed by atoms with Crippen molar-refractivity contribution in [3.05, 3.63) is 42.0 Å². The van der Waals surface area contributed by atoms with E-state index < -0.39 is 16.0 Å². The molecule has 5 nitrogen and oxygen atoms in total. The molecule has 0 aliphatic carbocycles. The van der Waals surface area contributed by atoms with Gasteiger partial charge in [-0.2, -0.15) is 4.31 Å². The molecule has 0 fully saturated rings. The topological polar surface area (TPSA) is 74.7 Å². The Labute approximate surface area is 118 Å². The van der Waals surface area contributed by atoms with Gasteiger partial charge in [0.1, 0.15) is 0 Å². The van der Waals surface area contributed by atoms with Crippen LogP contribution in [0.2, 0.25) is 0 Å². The summed E-state index contributed by atoms with van der Waals surface area (Å²) in [4.78, 5) is 10.5. The largest absolute Gasteiger partial charge is 0.481 e. The molecule has 0 spiro atoms. The second-order valence-corrected chi connectivity index (χ2v) is 6.75. The van der Waals surface area contributed by atoms with Crippen molar-refractivity contribution in [2.75, 3.05) is 18.8 Å². The van der Waals surface area contributed by atoms with Gasteiger partial charge in [0.25, 0.3) is 0 Å². The highest BCUT2D eigenvalue weighted by molar-refractivity contribution is 7.89. The Morgan fingerprint density at radius 1 is 1.25 bits per heavy atom. The van der Waals surface area contributed by atoms with E-state index in [2.05, 4.69) is 0 Å². The molecule has 1 aliphatic heterocycles. The minimum absolute atomic E-state index is 0.312. The fraction of sp³-hybridized carbons (Fsp3) is 0.357. The van der Waals surface area contributed by atoms with Crippen molar-refractivity contribution in [3.63, 3.8) is 0 Å². The Hall–Kier alpha value is -1.66. The van der Waals surface area contributed by atoms with E-state index in [4.69, 9.17) is 5.11 Å². The van der Waals surface area contributed by atoms with Crippen LogP contribution in [0, 0.1) is 0 Å². The molecular formula is C14H17NO4S. The first-order valence-electron chi connectivity index (χ1n) is 6.43. The van der Waals surface area contributed by atoms with Gasteiger partial charge < -0.3 is 5.11 Å². The molecule has 0 bridgehead atoms. The molecule has 0 unspecified atom stereocenters. The van der Waals surface area contributed by atoms with Crippen molar-refractivity contribution in [1.29, 1.82) is 0 Å². The summed E-state index contributed by atoms with van der Waals surface area (Å²) in [7, 11) is -3.48. The molecule has 6 heteroatoms. The molecule has 0 saturated heterocycles.